The number of hydrogen-bond donors (Lipinski definition) is 3. The molecular weight excluding hydrogens is 250 g/mol. The van der Waals surface area contributed by atoms with Gasteiger partial charge in [-0.15, -0.1) is 0 Å². The molecule has 1 aromatic heterocycles. The van der Waals surface area contributed by atoms with Gasteiger partial charge < -0.3 is 16.0 Å². The summed E-state index contributed by atoms with van der Waals surface area (Å²) in [5, 5.41) is 4.46. The van der Waals surface area contributed by atoms with Gasteiger partial charge in [0.2, 0.25) is 0 Å². The molecule has 0 unspecified atom stereocenters. The highest BCUT2D eigenvalue weighted by Crippen LogP contribution is 2.20. The molecule has 0 bridgehead atoms. The minimum atomic E-state index is -0.425. The normalized spacial score (nSPS) is 11.8. The molecule has 4 nitrogen and oxygen atoms in total. The Hall–Kier alpha value is -1.52. The quantitative estimate of drug-likeness (QED) is 0.797. The van der Waals surface area contributed by atoms with Crippen molar-refractivity contribution in [3.8, 4) is 0 Å². The fourth-order valence-corrected chi connectivity index (χ4v) is 1.82. The van der Waals surface area contributed by atoms with Gasteiger partial charge in [0.15, 0.2) is 0 Å². The predicted octanol–water partition coefficient (Wildman–Crippen LogP) is 2.29. The van der Waals surface area contributed by atoms with Gasteiger partial charge in [-0.1, -0.05) is 17.7 Å². The minimum absolute atomic E-state index is 0.169. The average molecular weight is 266 g/mol. The molecular formula is C13H16ClN3O. The number of aromatic nitrogens is 1. The van der Waals surface area contributed by atoms with Gasteiger partial charge in [-0.3, -0.25) is 4.79 Å². The molecule has 2 rings (SSSR count). The Morgan fingerprint density at radius 3 is 2.83 bits per heavy atom. The molecule has 5 heteroatoms. The topological polar surface area (TPSA) is 70.9 Å². The number of nitrogens with one attached hydrogen (secondary N) is 2. The van der Waals surface area contributed by atoms with Crippen molar-refractivity contribution in [3.63, 3.8) is 0 Å². The van der Waals surface area contributed by atoms with Crippen LogP contribution in [0.1, 0.15) is 24.3 Å². The summed E-state index contributed by atoms with van der Waals surface area (Å²) < 4.78 is 0. The van der Waals surface area contributed by atoms with E-state index in [9.17, 15) is 4.79 Å². The molecule has 1 amide bonds. The van der Waals surface area contributed by atoms with E-state index in [0.717, 1.165) is 10.9 Å². The second kappa shape index (κ2) is 4.63. The first kappa shape index (κ1) is 12.9. The van der Waals surface area contributed by atoms with Crippen molar-refractivity contribution in [1.82, 2.24) is 10.3 Å². The molecule has 0 saturated carbocycles. The molecule has 0 spiro atoms. The molecule has 1 aromatic carbocycles. The van der Waals surface area contributed by atoms with Crippen LogP contribution in [-0.2, 0) is 0 Å². The van der Waals surface area contributed by atoms with E-state index < -0.39 is 5.54 Å². The maximum atomic E-state index is 12.0. The highest BCUT2D eigenvalue weighted by molar-refractivity contribution is 6.31. The van der Waals surface area contributed by atoms with Crippen LogP contribution in [0.2, 0.25) is 5.02 Å². The van der Waals surface area contributed by atoms with E-state index in [-0.39, 0.29) is 5.91 Å². The summed E-state index contributed by atoms with van der Waals surface area (Å²) in [5.41, 5.74) is 6.51. The predicted molar refractivity (Wildman–Crippen MR) is 73.9 cm³/mol. The molecule has 0 aliphatic heterocycles. The molecule has 0 aliphatic rings. The standard InChI is InChI=1S/C13H16ClN3O/c1-13(2,7-15)17-12(18)11-5-8-3-4-9(14)6-10(8)16-11/h3-6,16H,7,15H2,1-2H3,(H,17,18). The smallest absolute Gasteiger partial charge is 0.268 e. The lowest BCUT2D eigenvalue weighted by Gasteiger charge is -2.23. The van der Waals surface area contributed by atoms with Crippen molar-refractivity contribution >= 4 is 28.4 Å². The van der Waals surface area contributed by atoms with Gasteiger partial charge in [0.05, 0.1) is 0 Å². The van der Waals surface area contributed by atoms with E-state index in [2.05, 4.69) is 10.3 Å². The summed E-state index contributed by atoms with van der Waals surface area (Å²) >= 11 is 5.90. The highest BCUT2D eigenvalue weighted by atomic mass is 35.5. The number of benzene rings is 1. The van der Waals surface area contributed by atoms with Gasteiger partial charge in [-0.25, -0.2) is 0 Å². The minimum Gasteiger partial charge on any atom is -0.350 e. The van der Waals surface area contributed by atoms with E-state index in [4.69, 9.17) is 17.3 Å². The van der Waals surface area contributed by atoms with E-state index >= 15 is 0 Å². The fraction of sp³-hybridized carbons (Fsp3) is 0.308. The number of aromatic amines is 1. The molecule has 18 heavy (non-hydrogen) atoms. The first-order valence-corrected chi connectivity index (χ1v) is 6.10. The van der Waals surface area contributed by atoms with Gasteiger partial charge in [-0.2, -0.15) is 0 Å². The fourth-order valence-electron chi connectivity index (χ4n) is 1.65. The molecule has 0 atom stereocenters. The maximum absolute atomic E-state index is 12.0. The molecule has 0 saturated heterocycles. The Morgan fingerprint density at radius 2 is 2.17 bits per heavy atom. The van der Waals surface area contributed by atoms with E-state index in [0.29, 0.717) is 17.3 Å². The number of amides is 1. The van der Waals surface area contributed by atoms with Gasteiger partial charge in [-0.05, 0) is 32.0 Å². The van der Waals surface area contributed by atoms with Crippen LogP contribution in [-0.4, -0.2) is 23.0 Å². The van der Waals surface area contributed by atoms with Gasteiger partial charge >= 0.3 is 0 Å². The third-order valence-corrected chi connectivity index (χ3v) is 3.03. The third kappa shape index (κ3) is 2.66. The molecule has 0 radical (unpaired) electrons. The van der Waals surface area contributed by atoms with E-state index in [1.807, 2.05) is 19.9 Å². The molecule has 0 fully saturated rings. The van der Waals surface area contributed by atoms with Crippen molar-refractivity contribution in [2.75, 3.05) is 6.54 Å². The van der Waals surface area contributed by atoms with E-state index in [1.165, 1.54) is 0 Å². The number of carbonyl (C=O) groups is 1. The van der Waals surface area contributed by atoms with Gasteiger partial charge in [0.25, 0.3) is 5.91 Å². The van der Waals surface area contributed by atoms with Crippen LogP contribution >= 0.6 is 11.6 Å². The molecule has 96 valence electrons. The van der Waals surface area contributed by atoms with Crippen molar-refractivity contribution in [1.29, 1.82) is 0 Å². The van der Waals surface area contributed by atoms with E-state index in [1.54, 1.807) is 18.2 Å². The van der Waals surface area contributed by atoms with Crippen molar-refractivity contribution in [2.45, 2.75) is 19.4 Å². The Balaban J connectivity index is 2.28. The first-order valence-electron chi connectivity index (χ1n) is 5.72. The zero-order valence-electron chi connectivity index (χ0n) is 10.4. The summed E-state index contributed by atoms with van der Waals surface area (Å²) in [6.45, 7) is 4.14. The number of hydrogen-bond acceptors (Lipinski definition) is 2. The monoisotopic (exact) mass is 265 g/mol. The summed E-state index contributed by atoms with van der Waals surface area (Å²) in [5.74, 6) is -0.169. The zero-order valence-corrected chi connectivity index (χ0v) is 11.1. The zero-order chi connectivity index (χ0) is 13.3. The van der Waals surface area contributed by atoms with Crippen molar-refractivity contribution in [2.24, 2.45) is 5.73 Å². The van der Waals surface area contributed by atoms with Crippen LogP contribution in [0.4, 0.5) is 0 Å². The lowest BCUT2D eigenvalue weighted by molar-refractivity contribution is 0.0911. The van der Waals surface area contributed by atoms with Crippen LogP contribution in [0.15, 0.2) is 24.3 Å². The summed E-state index contributed by atoms with van der Waals surface area (Å²) in [4.78, 5) is 15.1. The average Bonchev–Trinajstić information content (AvgIpc) is 2.71. The Bertz CT molecular complexity index is 589. The van der Waals surface area contributed by atoms with Crippen LogP contribution in [0.3, 0.4) is 0 Å². The summed E-state index contributed by atoms with van der Waals surface area (Å²) in [7, 11) is 0. The lowest BCUT2D eigenvalue weighted by Crippen LogP contribution is -2.48. The Labute approximate surface area is 111 Å². The number of fused-ring (bicyclic) bond motifs is 1. The van der Waals surface area contributed by atoms with Gasteiger partial charge in [0.1, 0.15) is 5.69 Å². The second-order valence-electron chi connectivity index (χ2n) is 4.96. The number of H-pyrrole nitrogens is 1. The van der Waals surface area contributed by atoms with Crippen LogP contribution in [0, 0.1) is 0 Å². The number of carbonyl (C=O) groups excluding carboxylic acids is 1. The van der Waals surface area contributed by atoms with Crippen molar-refractivity contribution in [3.05, 3.63) is 35.0 Å². The van der Waals surface area contributed by atoms with Crippen molar-refractivity contribution < 1.29 is 4.79 Å². The van der Waals surface area contributed by atoms with Gasteiger partial charge in [0, 0.05) is 28.0 Å². The molecule has 4 N–H and O–H groups in total. The third-order valence-electron chi connectivity index (χ3n) is 2.79. The summed E-state index contributed by atoms with van der Waals surface area (Å²) in [6.07, 6.45) is 0. The highest BCUT2D eigenvalue weighted by Gasteiger charge is 2.20. The number of nitrogens with two attached hydrogens (primary N) is 1. The lowest BCUT2D eigenvalue weighted by atomic mass is 10.1. The molecule has 0 aliphatic carbocycles. The first-order chi connectivity index (χ1) is 8.41. The molecule has 1 heterocycles. The van der Waals surface area contributed by atoms with Crippen LogP contribution in [0.25, 0.3) is 10.9 Å². The van der Waals surface area contributed by atoms with Crippen LogP contribution < -0.4 is 11.1 Å². The maximum Gasteiger partial charge on any atom is 0.268 e. The van der Waals surface area contributed by atoms with Crippen LogP contribution in [0.5, 0.6) is 0 Å². The second-order valence-corrected chi connectivity index (χ2v) is 5.39. The SMILES string of the molecule is CC(C)(CN)NC(=O)c1cc2ccc(Cl)cc2[nH]1. The summed E-state index contributed by atoms with van der Waals surface area (Å²) in [6, 6.07) is 7.26. The number of rotatable bonds is 3. The largest absolute Gasteiger partial charge is 0.350 e. The Kier molecular flexibility index (Phi) is 3.32. The number of halogens is 1. The molecule has 2 aromatic rings. The Morgan fingerprint density at radius 1 is 1.44 bits per heavy atom.